The number of carbonyl (C=O) groups is 1. The predicted octanol–water partition coefficient (Wildman–Crippen LogP) is 6.39. The molecule has 0 radical (unpaired) electrons. The monoisotopic (exact) mass is 769 g/mol. The normalized spacial score (nSPS) is 19.2. The lowest BCUT2D eigenvalue weighted by Gasteiger charge is -2.41. The third-order valence-electron chi connectivity index (χ3n) is 10.7. The van der Waals surface area contributed by atoms with Crippen LogP contribution in [0.25, 0.3) is 11.2 Å². The first-order chi connectivity index (χ1) is 26.1. The third-order valence-corrected chi connectivity index (χ3v) is 15.1. The van der Waals surface area contributed by atoms with Crippen molar-refractivity contribution in [2.45, 2.75) is 82.9 Å². The average Bonchev–Trinajstić information content (AvgIpc) is 3.72. The first-order valence-electron chi connectivity index (χ1n) is 18.4. The number of H-pyrrole nitrogens is 1. The van der Waals surface area contributed by atoms with Crippen LogP contribution in [0.2, 0.25) is 18.1 Å². The van der Waals surface area contributed by atoms with E-state index in [1.807, 2.05) is 78.9 Å². The molecule has 2 aromatic heterocycles. The van der Waals surface area contributed by atoms with Crippen LogP contribution in [0.3, 0.4) is 0 Å². The Bertz CT molecular complexity index is 2100. The number of hydrogen-bond acceptors (Lipinski definition) is 10. The number of aliphatic hydroxyl groups is 1. The van der Waals surface area contributed by atoms with Gasteiger partial charge in [-0.3, -0.25) is 24.5 Å². The summed E-state index contributed by atoms with van der Waals surface area (Å²) >= 11 is 0. The highest BCUT2D eigenvalue weighted by Gasteiger charge is 2.52. The SMILES string of the molecule is COc1ccc(C(OCC2OC(n3cnc4c(=O)[nH]c(NC(=O)C(C)C)nc43)C(O)C2O[Si](C)(C)C(C)(C)C)(c2ccccc2)c2ccc(OC)cc2)cc1. The van der Waals surface area contributed by atoms with E-state index in [-0.39, 0.29) is 40.6 Å². The van der Waals surface area contributed by atoms with Crippen LogP contribution >= 0.6 is 0 Å². The van der Waals surface area contributed by atoms with E-state index in [2.05, 4.69) is 54.1 Å². The minimum Gasteiger partial charge on any atom is -0.497 e. The maximum Gasteiger partial charge on any atom is 0.280 e. The summed E-state index contributed by atoms with van der Waals surface area (Å²) in [6, 6.07) is 25.4. The number of methoxy groups -OCH3 is 2. The second kappa shape index (κ2) is 15.7. The second-order valence-electron chi connectivity index (χ2n) is 15.6. The molecule has 1 fully saturated rings. The van der Waals surface area contributed by atoms with E-state index >= 15 is 0 Å². The van der Waals surface area contributed by atoms with E-state index in [9.17, 15) is 14.7 Å². The maximum absolute atomic E-state index is 13.1. The number of benzene rings is 3. The molecule has 13 nitrogen and oxygen atoms in total. The van der Waals surface area contributed by atoms with Crippen molar-refractivity contribution in [2.75, 3.05) is 26.1 Å². The Kier molecular flexibility index (Phi) is 11.4. The summed E-state index contributed by atoms with van der Waals surface area (Å²) in [4.78, 5) is 37.1. The number of imidazole rings is 1. The topological polar surface area (TPSA) is 159 Å². The van der Waals surface area contributed by atoms with Crippen molar-refractivity contribution >= 4 is 31.3 Å². The summed E-state index contributed by atoms with van der Waals surface area (Å²) in [5.74, 6) is 0.687. The van der Waals surface area contributed by atoms with Crippen LogP contribution in [-0.2, 0) is 24.3 Å². The molecule has 1 aliphatic rings. The number of aliphatic hydroxyl groups excluding tert-OH is 1. The molecule has 0 saturated carbocycles. The Morgan fingerprint density at radius 2 is 1.51 bits per heavy atom. The van der Waals surface area contributed by atoms with Crippen molar-refractivity contribution in [3.8, 4) is 11.5 Å². The molecule has 55 heavy (non-hydrogen) atoms. The zero-order valence-electron chi connectivity index (χ0n) is 32.8. The standard InChI is InChI=1S/C41H51N5O8Si/c1-25(2)36(48)44-39-43-35-32(37(49)45-39)42-24-46(35)38-33(47)34(54-55(8,9)40(3,4)5)31(53-38)23-52-41(26-13-11-10-12-14-26,27-15-19-29(50-6)20-16-27)28-17-21-30(51-7)22-18-28/h10-22,24-25,31,33-34,38,47H,23H2,1-9H3,(H2,43,44,45,48,49). The van der Waals surface area contributed by atoms with Crippen molar-refractivity contribution in [2.24, 2.45) is 5.92 Å². The highest BCUT2D eigenvalue weighted by Crippen LogP contribution is 2.45. The zero-order valence-corrected chi connectivity index (χ0v) is 33.8. The van der Waals surface area contributed by atoms with Gasteiger partial charge in [0.1, 0.15) is 35.4 Å². The number of aromatic nitrogens is 4. The third kappa shape index (κ3) is 7.82. The number of carbonyl (C=O) groups excluding carboxylic acids is 1. The van der Waals surface area contributed by atoms with Gasteiger partial charge in [0.2, 0.25) is 11.9 Å². The number of fused-ring (bicyclic) bond motifs is 1. The molecule has 1 aliphatic heterocycles. The van der Waals surface area contributed by atoms with Gasteiger partial charge >= 0.3 is 0 Å². The molecule has 3 heterocycles. The van der Waals surface area contributed by atoms with Gasteiger partial charge in [-0.05, 0) is 59.1 Å². The summed E-state index contributed by atoms with van der Waals surface area (Å²) in [5.41, 5.74) is 0.992. The first kappa shape index (κ1) is 39.8. The van der Waals surface area contributed by atoms with E-state index in [4.69, 9.17) is 23.4 Å². The van der Waals surface area contributed by atoms with Gasteiger partial charge < -0.3 is 28.5 Å². The fourth-order valence-electron chi connectivity index (χ4n) is 6.46. The van der Waals surface area contributed by atoms with E-state index in [1.165, 1.54) is 10.9 Å². The number of nitrogens with zero attached hydrogens (tertiary/aromatic N) is 3. The van der Waals surface area contributed by atoms with Gasteiger partial charge in [-0.25, -0.2) is 4.98 Å². The maximum atomic E-state index is 13.1. The van der Waals surface area contributed by atoms with E-state index in [0.29, 0.717) is 11.5 Å². The number of aromatic amines is 1. The van der Waals surface area contributed by atoms with Crippen molar-refractivity contribution < 1.29 is 33.3 Å². The molecule has 1 saturated heterocycles. The lowest BCUT2D eigenvalue weighted by atomic mass is 9.80. The molecule has 292 valence electrons. The van der Waals surface area contributed by atoms with Gasteiger partial charge in [-0.15, -0.1) is 0 Å². The smallest absolute Gasteiger partial charge is 0.280 e. The lowest BCUT2D eigenvalue weighted by Crippen LogP contribution is -2.50. The Morgan fingerprint density at radius 1 is 0.945 bits per heavy atom. The van der Waals surface area contributed by atoms with Gasteiger partial charge in [0, 0.05) is 5.92 Å². The second-order valence-corrected chi connectivity index (χ2v) is 20.4. The average molecular weight is 770 g/mol. The molecule has 0 aliphatic carbocycles. The van der Waals surface area contributed by atoms with Gasteiger partial charge in [-0.1, -0.05) is 89.2 Å². The molecule has 14 heteroatoms. The molecule has 6 rings (SSSR count). The Morgan fingerprint density at radius 3 is 2.04 bits per heavy atom. The number of nitrogens with one attached hydrogen (secondary N) is 2. The summed E-state index contributed by atoms with van der Waals surface area (Å²) in [6.07, 6.45) is -2.52. The summed E-state index contributed by atoms with van der Waals surface area (Å²) in [6.45, 7) is 14.1. The van der Waals surface area contributed by atoms with Gasteiger partial charge in [-0.2, -0.15) is 4.98 Å². The molecule has 1 amide bonds. The summed E-state index contributed by atoms with van der Waals surface area (Å²) < 4.78 is 33.5. The number of anilines is 1. The molecule has 0 bridgehead atoms. The highest BCUT2D eigenvalue weighted by atomic mass is 28.4. The van der Waals surface area contributed by atoms with Crippen molar-refractivity contribution in [3.05, 3.63) is 112 Å². The minimum absolute atomic E-state index is 0.0177. The molecular formula is C41H51N5O8Si. The zero-order chi connectivity index (χ0) is 39.7. The first-order valence-corrected chi connectivity index (χ1v) is 21.3. The lowest BCUT2D eigenvalue weighted by molar-refractivity contribution is -0.118. The van der Waals surface area contributed by atoms with Crippen molar-refractivity contribution in [1.82, 2.24) is 19.5 Å². The predicted molar refractivity (Wildman–Crippen MR) is 212 cm³/mol. The molecule has 5 aromatic rings. The molecule has 0 spiro atoms. The Balaban J connectivity index is 1.45. The quantitative estimate of drug-likeness (QED) is 0.0906. The molecular weight excluding hydrogens is 719 g/mol. The summed E-state index contributed by atoms with van der Waals surface area (Å²) in [7, 11) is 0.725. The van der Waals surface area contributed by atoms with Crippen LogP contribution in [0, 0.1) is 5.92 Å². The molecule has 4 atom stereocenters. The van der Waals surface area contributed by atoms with Crippen LogP contribution in [0.15, 0.2) is 90.0 Å². The van der Waals surface area contributed by atoms with Crippen LogP contribution in [0.1, 0.15) is 57.5 Å². The van der Waals surface area contributed by atoms with Crippen molar-refractivity contribution in [3.63, 3.8) is 0 Å². The largest absolute Gasteiger partial charge is 0.497 e. The number of amides is 1. The number of rotatable bonds is 13. The van der Waals surface area contributed by atoms with Crippen LogP contribution in [0.5, 0.6) is 11.5 Å². The molecule has 3 aromatic carbocycles. The van der Waals surface area contributed by atoms with Gasteiger partial charge in [0.05, 0.1) is 27.2 Å². The molecule has 4 unspecified atom stereocenters. The number of hydrogen-bond donors (Lipinski definition) is 3. The fourth-order valence-corrected chi connectivity index (χ4v) is 7.79. The Labute approximate surface area is 322 Å². The van der Waals surface area contributed by atoms with E-state index in [0.717, 1.165) is 16.7 Å². The minimum atomic E-state index is -2.52. The van der Waals surface area contributed by atoms with Crippen LogP contribution in [0.4, 0.5) is 5.95 Å². The number of ether oxygens (including phenoxy) is 4. The Hall–Kier alpha value is -4.86. The van der Waals surface area contributed by atoms with E-state index in [1.54, 1.807) is 28.1 Å². The van der Waals surface area contributed by atoms with Crippen molar-refractivity contribution in [1.29, 1.82) is 0 Å². The van der Waals surface area contributed by atoms with Gasteiger partial charge in [0.15, 0.2) is 25.7 Å². The summed E-state index contributed by atoms with van der Waals surface area (Å²) in [5, 5.41) is 14.6. The van der Waals surface area contributed by atoms with Crippen LogP contribution in [-0.4, -0.2) is 78.0 Å². The van der Waals surface area contributed by atoms with Crippen LogP contribution < -0.4 is 20.3 Å². The highest BCUT2D eigenvalue weighted by molar-refractivity contribution is 6.74. The molecule has 3 N–H and O–H groups in total. The van der Waals surface area contributed by atoms with E-state index < -0.39 is 44.0 Å². The van der Waals surface area contributed by atoms with Gasteiger partial charge in [0.25, 0.3) is 5.56 Å². The fraction of sp³-hybridized carbons (Fsp3) is 0.415.